The van der Waals surface area contributed by atoms with Crippen LogP contribution in [0.4, 0.5) is 5.69 Å². The summed E-state index contributed by atoms with van der Waals surface area (Å²) in [5, 5.41) is 2.92. The number of benzene rings is 3. The minimum atomic E-state index is -3.58. The molecule has 0 aliphatic heterocycles. The summed E-state index contributed by atoms with van der Waals surface area (Å²) in [7, 11) is -2.16. The van der Waals surface area contributed by atoms with E-state index in [-0.39, 0.29) is 0 Å². The number of carbonyl (C=O) groups excluding carboxylic acids is 1. The first-order valence-corrected chi connectivity index (χ1v) is 11.6. The molecule has 3 rings (SSSR count). The van der Waals surface area contributed by atoms with Crippen molar-refractivity contribution in [2.24, 2.45) is 0 Å². The number of carbonyl (C=O) groups is 1. The van der Waals surface area contributed by atoms with Crippen molar-refractivity contribution < 1.29 is 13.2 Å². The van der Waals surface area contributed by atoms with Crippen LogP contribution in [0, 0.1) is 0 Å². The Hall–Kier alpha value is -2.61. The number of nitrogens with zero attached hydrogens (tertiary/aromatic N) is 1. The number of amides is 1. The Morgan fingerprint density at radius 2 is 1.45 bits per heavy atom. The van der Waals surface area contributed by atoms with Crippen LogP contribution in [-0.2, 0) is 14.8 Å². The Morgan fingerprint density at radius 1 is 0.897 bits per heavy atom. The van der Waals surface area contributed by atoms with Crippen molar-refractivity contribution in [2.75, 3.05) is 18.6 Å². The number of hydrogen-bond acceptors (Lipinski definition) is 4. The van der Waals surface area contributed by atoms with E-state index >= 15 is 0 Å². The first-order valence-electron chi connectivity index (χ1n) is 8.97. The molecule has 1 N–H and O–H groups in total. The highest BCUT2D eigenvalue weighted by molar-refractivity contribution is 7.99. The van der Waals surface area contributed by atoms with Crippen LogP contribution < -0.4 is 5.32 Å². The largest absolute Gasteiger partial charge is 0.323 e. The van der Waals surface area contributed by atoms with Gasteiger partial charge in [-0.3, -0.25) is 4.79 Å². The first-order chi connectivity index (χ1) is 13.9. The standard InChI is InChI=1S/C22H22N2O3S2/c1-24(29(2,26)27)21(17-11-5-3-6-12-17)22(25)23-19-15-9-10-16-20(19)28-18-13-7-4-8-14-18/h3-16,21H,1-2H3,(H,23,25)/t21-/m1/s1. The van der Waals surface area contributed by atoms with Crippen molar-refractivity contribution in [1.82, 2.24) is 4.31 Å². The van der Waals surface area contributed by atoms with Crippen LogP contribution in [0.5, 0.6) is 0 Å². The van der Waals surface area contributed by atoms with E-state index in [1.165, 1.54) is 18.8 Å². The number of para-hydroxylation sites is 1. The Balaban J connectivity index is 1.91. The summed E-state index contributed by atoms with van der Waals surface area (Å²) in [6.07, 6.45) is 1.09. The van der Waals surface area contributed by atoms with Gasteiger partial charge >= 0.3 is 0 Å². The molecule has 0 heterocycles. The lowest BCUT2D eigenvalue weighted by Gasteiger charge is -2.26. The van der Waals surface area contributed by atoms with Gasteiger partial charge in [0.1, 0.15) is 6.04 Å². The summed E-state index contributed by atoms with van der Waals surface area (Å²) in [6, 6.07) is 25.2. The average molecular weight is 427 g/mol. The molecule has 0 bridgehead atoms. The van der Waals surface area contributed by atoms with Crippen LogP contribution in [0.25, 0.3) is 0 Å². The highest BCUT2D eigenvalue weighted by atomic mass is 32.2. The van der Waals surface area contributed by atoms with Crippen LogP contribution in [0.3, 0.4) is 0 Å². The number of likely N-dealkylation sites (N-methyl/N-ethyl adjacent to an activating group) is 1. The molecule has 29 heavy (non-hydrogen) atoms. The molecule has 0 aromatic heterocycles. The van der Waals surface area contributed by atoms with Gasteiger partial charge in [-0.2, -0.15) is 4.31 Å². The predicted molar refractivity (Wildman–Crippen MR) is 117 cm³/mol. The minimum absolute atomic E-state index is 0.412. The fraction of sp³-hybridized carbons (Fsp3) is 0.136. The van der Waals surface area contributed by atoms with Crippen molar-refractivity contribution in [3.05, 3.63) is 90.5 Å². The van der Waals surface area contributed by atoms with E-state index < -0.39 is 22.0 Å². The maximum atomic E-state index is 13.2. The maximum absolute atomic E-state index is 13.2. The zero-order chi connectivity index (χ0) is 20.9. The third-order valence-electron chi connectivity index (χ3n) is 4.37. The summed E-state index contributed by atoms with van der Waals surface area (Å²) in [6.45, 7) is 0. The summed E-state index contributed by atoms with van der Waals surface area (Å²) >= 11 is 1.53. The molecule has 0 fully saturated rings. The van der Waals surface area contributed by atoms with Gasteiger partial charge in [0.25, 0.3) is 0 Å². The molecule has 0 unspecified atom stereocenters. The number of sulfonamides is 1. The molecule has 1 amide bonds. The Labute approximate surface area is 175 Å². The number of nitrogens with one attached hydrogen (secondary N) is 1. The number of hydrogen-bond donors (Lipinski definition) is 1. The van der Waals surface area contributed by atoms with Crippen LogP contribution in [0.2, 0.25) is 0 Å². The zero-order valence-corrected chi connectivity index (χ0v) is 17.8. The lowest BCUT2D eigenvalue weighted by atomic mass is 10.1. The second-order valence-corrected chi connectivity index (χ2v) is 9.65. The first kappa shape index (κ1) is 21.1. The van der Waals surface area contributed by atoms with Gasteiger partial charge in [0.05, 0.1) is 11.9 Å². The second-order valence-electron chi connectivity index (χ2n) is 6.49. The summed E-state index contributed by atoms with van der Waals surface area (Å²) in [5.41, 5.74) is 1.24. The molecule has 0 saturated carbocycles. The molecule has 0 saturated heterocycles. The van der Waals surface area contributed by atoms with Gasteiger partial charge in [-0.05, 0) is 29.8 Å². The number of anilines is 1. The Bertz CT molecular complexity index is 1070. The molecule has 3 aromatic rings. The van der Waals surface area contributed by atoms with Gasteiger partial charge in [0.2, 0.25) is 15.9 Å². The monoisotopic (exact) mass is 426 g/mol. The van der Waals surface area contributed by atoms with Crippen molar-refractivity contribution in [1.29, 1.82) is 0 Å². The topological polar surface area (TPSA) is 66.5 Å². The summed E-state index contributed by atoms with van der Waals surface area (Å²) < 4.78 is 25.4. The average Bonchev–Trinajstić information content (AvgIpc) is 2.70. The lowest BCUT2D eigenvalue weighted by molar-refractivity contribution is -0.119. The van der Waals surface area contributed by atoms with E-state index in [0.29, 0.717) is 11.3 Å². The quantitative estimate of drug-likeness (QED) is 0.608. The minimum Gasteiger partial charge on any atom is -0.323 e. The van der Waals surface area contributed by atoms with Gasteiger partial charge in [-0.15, -0.1) is 0 Å². The van der Waals surface area contributed by atoms with Crippen LogP contribution in [0.1, 0.15) is 11.6 Å². The fourth-order valence-corrected chi connectivity index (χ4v) is 4.35. The SMILES string of the molecule is CN([C@@H](C(=O)Nc1ccccc1Sc1ccccc1)c1ccccc1)S(C)(=O)=O. The molecule has 0 aliphatic carbocycles. The van der Waals surface area contributed by atoms with E-state index in [9.17, 15) is 13.2 Å². The smallest absolute Gasteiger partial charge is 0.247 e. The van der Waals surface area contributed by atoms with Crippen LogP contribution in [-0.4, -0.2) is 31.9 Å². The Morgan fingerprint density at radius 3 is 2.07 bits per heavy atom. The predicted octanol–water partition coefficient (Wildman–Crippen LogP) is 4.41. The molecular formula is C22H22N2O3S2. The molecule has 0 aliphatic rings. The van der Waals surface area contributed by atoms with Gasteiger partial charge in [-0.25, -0.2) is 8.42 Å². The molecule has 7 heteroatoms. The highest BCUT2D eigenvalue weighted by Gasteiger charge is 2.31. The number of rotatable bonds is 7. The molecule has 1 atom stereocenters. The van der Waals surface area contributed by atoms with Crippen LogP contribution >= 0.6 is 11.8 Å². The van der Waals surface area contributed by atoms with E-state index in [4.69, 9.17) is 0 Å². The second kappa shape index (κ2) is 9.26. The third kappa shape index (κ3) is 5.47. The normalized spacial score (nSPS) is 12.5. The Kier molecular flexibility index (Phi) is 6.74. The summed E-state index contributed by atoms with van der Waals surface area (Å²) in [4.78, 5) is 15.1. The molecule has 3 aromatic carbocycles. The zero-order valence-electron chi connectivity index (χ0n) is 16.1. The van der Waals surface area contributed by atoms with E-state index in [0.717, 1.165) is 20.4 Å². The molecule has 0 spiro atoms. The lowest BCUT2D eigenvalue weighted by Crippen LogP contribution is -2.38. The van der Waals surface area contributed by atoms with E-state index in [1.807, 2.05) is 60.7 Å². The van der Waals surface area contributed by atoms with Crippen molar-refractivity contribution >= 4 is 33.4 Å². The third-order valence-corrected chi connectivity index (χ3v) is 6.71. The van der Waals surface area contributed by atoms with Crippen molar-refractivity contribution in [3.8, 4) is 0 Å². The van der Waals surface area contributed by atoms with E-state index in [2.05, 4.69) is 5.32 Å². The van der Waals surface area contributed by atoms with Crippen molar-refractivity contribution in [2.45, 2.75) is 15.8 Å². The van der Waals surface area contributed by atoms with Crippen LogP contribution in [0.15, 0.2) is 94.7 Å². The maximum Gasteiger partial charge on any atom is 0.247 e. The van der Waals surface area contributed by atoms with Gasteiger partial charge < -0.3 is 5.32 Å². The fourth-order valence-electron chi connectivity index (χ4n) is 2.83. The van der Waals surface area contributed by atoms with E-state index in [1.54, 1.807) is 24.3 Å². The molecule has 150 valence electrons. The van der Waals surface area contributed by atoms with Crippen molar-refractivity contribution in [3.63, 3.8) is 0 Å². The summed E-state index contributed by atoms with van der Waals surface area (Å²) in [5.74, 6) is -0.412. The molecular weight excluding hydrogens is 404 g/mol. The molecule has 5 nitrogen and oxygen atoms in total. The van der Waals surface area contributed by atoms with Gasteiger partial charge in [0, 0.05) is 16.8 Å². The van der Waals surface area contributed by atoms with Gasteiger partial charge in [-0.1, -0.05) is 72.4 Å². The van der Waals surface area contributed by atoms with Gasteiger partial charge in [0.15, 0.2) is 0 Å². The molecule has 0 radical (unpaired) electrons. The highest BCUT2D eigenvalue weighted by Crippen LogP contribution is 2.34.